The normalized spacial score (nSPS) is 19.3. The summed E-state index contributed by atoms with van der Waals surface area (Å²) < 4.78 is 9.21. The molecule has 4 N–H and O–H groups in total. The van der Waals surface area contributed by atoms with Gasteiger partial charge >= 0.3 is 0 Å². The van der Waals surface area contributed by atoms with E-state index in [4.69, 9.17) is 16.2 Å². The summed E-state index contributed by atoms with van der Waals surface area (Å²) >= 11 is 3.43. The van der Waals surface area contributed by atoms with Gasteiger partial charge in [-0.25, -0.2) is 15.0 Å². The summed E-state index contributed by atoms with van der Waals surface area (Å²) in [7, 11) is 0. The first-order valence-electron chi connectivity index (χ1n) is 9.65. The number of anilines is 2. The van der Waals surface area contributed by atoms with E-state index in [-0.39, 0.29) is 12.3 Å². The molecule has 3 aromatic heterocycles. The van der Waals surface area contributed by atoms with Crippen LogP contribution in [0.3, 0.4) is 0 Å². The van der Waals surface area contributed by atoms with Crippen LogP contribution in [0.15, 0.2) is 47.3 Å². The summed E-state index contributed by atoms with van der Waals surface area (Å²) in [6, 6.07) is 10.3. The first-order valence-corrected chi connectivity index (χ1v) is 10.4. The van der Waals surface area contributed by atoms with E-state index in [0.717, 1.165) is 52.1 Å². The molecule has 0 amide bonds. The molecule has 1 aliphatic heterocycles. The van der Waals surface area contributed by atoms with Crippen molar-refractivity contribution >= 4 is 49.5 Å². The number of ether oxygens (including phenoxy) is 1. The number of fused-ring (bicyclic) bond motifs is 2. The van der Waals surface area contributed by atoms with Crippen LogP contribution in [0.25, 0.3) is 21.9 Å². The van der Waals surface area contributed by atoms with Crippen molar-refractivity contribution in [3.05, 3.63) is 52.9 Å². The van der Waals surface area contributed by atoms with Crippen LogP contribution in [0.1, 0.15) is 31.1 Å². The molecule has 1 aromatic carbocycles. The van der Waals surface area contributed by atoms with Gasteiger partial charge in [-0.15, -0.1) is 0 Å². The van der Waals surface area contributed by atoms with Crippen molar-refractivity contribution < 1.29 is 4.74 Å². The molecule has 2 unspecified atom stereocenters. The number of nitrogen functional groups attached to an aromatic ring is 2. The number of hydrogen-bond donors (Lipinski definition) is 2. The minimum Gasteiger partial charge on any atom is -0.383 e. The molecule has 0 aliphatic carbocycles. The fourth-order valence-electron chi connectivity index (χ4n) is 4.01. The number of rotatable bonds is 4. The number of halogens is 1. The third kappa shape index (κ3) is 3.42. The van der Waals surface area contributed by atoms with Crippen molar-refractivity contribution in [1.29, 1.82) is 0 Å². The Morgan fingerprint density at radius 1 is 1.10 bits per heavy atom. The summed E-state index contributed by atoms with van der Waals surface area (Å²) in [6.45, 7) is 0. The maximum Gasteiger partial charge on any atom is 0.147 e. The zero-order chi connectivity index (χ0) is 20.0. The quantitative estimate of drug-likeness (QED) is 0.480. The summed E-state index contributed by atoms with van der Waals surface area (Å²) in [5.41, 5.74) is 14.9. The summed E-state index contributed by atoms with van der Waals surface area (Å²) in [4.78, 5) is 12.9. The maximum atomic E-state index is 6.32. The second-order valence-corrected chi connectivity index (χ2v) is 8.28. The van der Waals surface area contributed by atoms with Gasteiger partial charge in [0, 0.05) is 11.6 Å². The van der Waals surface area contributed by atoms with E-state index in [9.17, 15) is 0 Å². The van der Waals surface area contributed by atoms with Gasteiger partial charge in [0.25, 0.3) is 0 Å². The second-order valence-electron chi connectivity index (χ2n) is 7.43. The molecule has 2 atom stereocenters. The molecule has 0 bridgehead atoms. The van der Waals surface area contributed by atoms with E-state index in [1.54, 1.807) is 0 Å². The molecule has 1 fully saturated rings. The first-order chi connectivity index (χ1) is 14.1. The van der Waals surface area contributed by atoms with Crippen LogP contribution in [0, 0.1) is 0 Å². The molecular formula is C21H21BrN6O. The van der Waals surface area contributed by atoms with E-state index >= 15 is 0 Å². The molecule has 0 saturated carbocycles. The lowest BCUT2D eigenvalue weighted by atomic mass is 10.0. The molecule has 8 heteroatoms. The molecule has 5 rings (SSSR count). The zero-order valence-corrected chi connectivity index (χ0v) is 17.3. The Morgan fingerprint density at radius 3 is 2.90 bits per heavy atom. The number of nitrogens with zero attached hydrogens (tertiary/aromatic N) is 4. The van der Waals surface area contributed by atoms with E-state index in [0.29, 0.717) is 11.6 Å². The van der Waals surface area contributed by atoms with Crippen LogP contribution < -0.4 is 11.5 Å². The van der Waals surface area contributed by atoms with Gasteiger partial charge in [-0.05, 0) is 65.4 Å². The van der Waals surface area contributed by atoms with Gasteiger partial charge in [0.1, 0.15) is 29.8 Å². The molecular weight excluding hydrogens is 432 g/mol. The molecule has 148 valence electrons. The van der Waals surface area contributed by atoms with Crippen LogP contribution >= 0.6 is 15.9 Å². The van der Waals surface area contributed by atoms with Crippen molar-refractivity contribution in [2.45, 2.75) is 38.0 Å². The molecule has 0 radical (unpaired) electrons. The van der Waals surface area contributed by atoms with Gasteiger partial charge in [0.2, 0.25) is 0 Å². The van der Waals surface area contributed by atoms with Crippen molar-refractivity contribution in [3.63, 3.8) is 0 Å². The van der Waals surface area contributed by atoms with Gasteiger partial charge in [-0.2, -0.15) is 0 Å². The number of pyridine rings is 1. The number of hydrogen-bond acceptors (Lipinski definition) is 6. The van der Waals surface area contributed by atoms with E-state index < -0.39 is 0 Å². The van der Waals surface area contributed by atoms with E-state index in [1.807, 2.05) is 18.3 Å². The first kappa shape index (κ1) is 18.3. The fraction of sp³-hybridized carbons (Fsp3) is 0.286. The Bertz CT molecular complexity index is 1210. The monoisotopic (exact) mass is 452 g/mol. The molecule has 0 spiro atoms. The average Bonchev–Trinajstić information content (AvgIpc) is 3.35. The second kappa shape index (κ2) is 7.27. The van der Waals surface area contributed by atoms with Crippen molar-refractivity contribution in [2.24, 2.45) is 0 Å². The molecule has 29 heavy (non-hydrogen) atoms. The highest BCUT2D eigenvalue weighted by Crippen LogP contribution is 2.34. The van der Waals surface area contributed by atoms with Crippen LogP contribution in [0.4, 0.5) is 11.6 Å². The summed E-state index contributed by atoms with van der Waals surface area (Å²) in [5, 5.41) is 1.95. The zero-order valence-electron chi connectivity index (χ0n) is 15.8. The number of aromatic nitrogens is 4. The van der Waals surface area contributed by atoms with E-state index in [1.165, 1.54) is 11.9 Å². The minimum atomic E-state index is -0.0118. The fourth-order valence-corrected chi connectivity index (χ4v) is 4.35. The lowest BCUT2D eigenvalue weighted by molar-refractivity contribution is 0.00120. The number of benzene rings is 1. The Hall–Kier alpha value is -2.71. The van der Waals surface area contributed by atoms with Gasteiger partial charge in [-0.3, -0.25) is 0 Å². The number of aryl methyl sites for hydroxylation is 1. The third-order valence-electron chi connectivity index (χ3n) is 5.55. The Labute approximate surface area is 176 Å². The highest BCUT2D eigenvalue weighted by atomic mass is 79.9. The van der Waals surface area contributed by atoms with Crippen molar-refractivity contribution in [2.75, 3.05) is 11.5 Å². The van der Waals surface area contributed by atoms with Gasteiger partial charge in [-0.1, -0.05) is 12.1 Å². The van der Waals surface area contributed by atoms with Crippen molar-refractivity contribution in [1.82, 2.24) is 19.5 Å². The molecule has 7 nitrogen and oxygen atoms in total. The van der Waals surface area contributed by atoms with E-state index in [2.05, 4.69) is 53.6 Å². The topological polar surface area (TPSA) is 105 Å². The maximum absolute atomic E-state index is 6.32. The standard InChI is InChI=1S/C21H21BrN6O/c22-16-10-13-3-1-12(9-17(13)27-20(16)24)2-4-14-5-6-18(29-14)28-8-7-15-19(23)25-11-26-21(15)28/h1,3,7-11,14,18H,2,4-6H2,(H2,24,27)(H2,23,25,26). The Balaban J connectivity index is 1.27. The van der Waals surface area contributed by atoms with Gasteiger partial charge in [0.15, 0.2) is 0 Å². The smallest absolute Gasteiger partial charge is 0.147 e. The SMILES string of the molecule is Nc1nc2cc(CCC3CCC(n4ccc5c(N)ncnc54)O3)ccc2cc1Br. The lowest BCUT2D eigenvalue weighted by Crippen LogP contribution is -2.12. The largest absolute Gasteiger partial charge is 0.383 e. The van der Waals surface area contributed by atoms with Crippen LogP contribution in [-0.2, 0) is 11.2 Å². The van der Waals surface area contributed by atoms with Gasteiger partial charge < -0.3 is 20.8 Å². The predicted octanol–water partition coefficient (Wildman–Crippen LogP) is 4.22. The van der Waals surface area contributed by atoms with Crippen LogP contribution in [0.2, 0.25) is 0 Å². The lowest BCUT2D eigenvalue weighted by Gasteiger charge is -2.16. The average molecular weight is 453 g/mol. The summed E-state index contributed by atoms with van der Waals surface area (Å²) in [6.07, 6.45) is 7.58. The van der Waals surface area contributed by atoms with Gasteiger partial charge in [0.05, 0.1) is 21.5 Å². The summed E-state index contributed by atoms with van der Waals surface area (Å²) in [5.74, 6) is 1.01. The molecule has 1 saturated heterocycles. The van der Waals surface area contributed by atoms with Crippen LogP contribution in [0.5, 0.6) is 0 Å². The molecule has 1 aliphatic rings. The highest BCUT2D eigenvalue weighted by Gasteiger charge is 2.27. The predicted molar refractivity (Wildman–Crippen MR) is 117 cm³/mol. The van der Waals surface area contributed by atoms with Crippen LogP contribution in [-0.4, -0.2) is 25.6 Å². The number of nitrogens with two attached hydrogens (primary N) is 2. The minimum absolute atomic E-state index is 0.0118. The Morgan fingerprint density at radius 2 is 2.00 bits per heavy atom. The third-order valence-corrected chi connectivity index (χ3v) is 6.19. The molecule has 4 aromatic rings. The molecule has 4 heterocycles. The van der Waals surface area contributed by atoms with Crippen molar-refractivity contribution in [3.8, 4) is 0 Å². The Kier molecular flexibility index (Phi) is 4.60. The highest BCUT2D eigenvalue weighted by molar-refractivity contribution is 9.10.